The Bertz CT molecular complexity index is 716. The zero-order chi connectivity index (χ0) is 16.4. The van der Waals surface area contributed by atoms with E-state index in [0.29, 0.717) is 17.2 Å². The number of nitrogens with one attached hydrogen (secondary N) is 1. The quantitative estimate of drug-likeness (QED) is 0.746. The molecule has 4 nitrogen and oxygen atoms in total. The first-order valence-corrected chi connectivity index (χ1v) is 9.61. The number of rotatable bonds is 5. The van der Waals surface area contributed by atoms with Gasteiger partial charge in [0, 0.05) is 27.6 Å². The molecule has 0 aliphatic carbocycles. The van der Waals surface area contributed by atoms with E-state index >= 15 is 0 Å². The first-order valence-electron chi connectivity index (χ1n) is 8.00. The molecule has 1 amide bonds. The summed E-state index contributed by atoms with van der Waals surface area (Å²) in [5, 5.41) is 4.11. The standard InChI is InChI=1S/C17H21BrN2O2S.ClH/c1-3-22-15-13-10-12(18)6-7-14(13)23-16(15)17(21)19-11(2)20-8-4-5-9-20;/h6-7,10-11H,3-5,8-9H2,1-2H3,(H,19,21);1H. The van der Waals surface area contributed by atoms with Gasteiger partial charge in [0.15, 0.2) is 5.75 Å². The van der Waals surface area contributed by atoms with Gasteiger partial charge in [0.25, 0.3) is 5.91 Å². The molecule has 1 aliphatic heterocycles. The average molecular weight is 434 g/mol. The van der Waals surface area contributed by atoms with Crippen LogP contribution in [0.25, 0.3) is 10.1 Å². The van der Waals surface area contributed by atoms with Crippen LogP contribution in [0.1, 0.15) is 36.4 Å². The molecule has 0 radical (unpaired) electrons. The van der Waals surface area contributed by atoms with E-state index in [9.17, 15) is 4.79 Å². The number of likely N-dealkylation sites (tertiary alicyclic amines) is 1. The summed E-state index contributed by atoms with van der Waals surface area (Å²) in [5.41, 5.74) is 0. The highest BCUT2D eigenvalue weighted by atomic mass is 79.9. The van der Waals surface area contributed by atoms with Crippen LogP contribution < -0.4 is 10.1 Å². The molecule has 1 aromatic heterocycles. The molecule has 7 heteroatoms. The normalized spacial score (nSPS) is 16.0. The number of nitrogens with zero attached hydrogens (tertiary/aromatic N) is 1. The molecule has 132 valence electrons. The molecule has 3 rings (SSSR count). The lowest BCUT2D eigenvalue weighted by Gasteiger charge is -2.24. The van der Waals surface area contributed by atoms with Crippen LogP contribution in [0.3, 0.4) is 0 Å². The van der Waals surface area contributed by atoms with Gasteiger partial charge >= 0.3 is 0 Å². The monoisotopic (exact) mass is 432 g/mol. The van der Waals surface area contributed by atoms with E-state index in [1.807, 2.05) is 32.0 Å². The van der Waals surface area contributed by atoms with Gasteiger partial charge in [-0.05, 0) is 44.9 Å². The molecule has 1 aliphatic rings. The van der Waals surface area contributed by atoms with Gasteiger partial charge in [0.05, 0.1) is 12.8 Å². The van der Waals surface area contributed by atoms with Gasteiger partial charge in [-0.2, -0.15) is 0 Å². The molecule has 2 heterocycles. The fourth-order valence-corrected chi connectivity index (χ4v) is 4.35. The van der Waals surface area contributed by atoms with E-state index < -0.39 is 0 Å². The number of fused-ring (bicyclic) bond motifs is 1. The third-order valence-corrected chi connectivity index (χ3v) is 5.77. The van der Waals surface area contributed by atoms with Gasteiger partial charge in [0.2, 0.25) is 0 Å². The maximum Gasteiger partial charge on any atom is 0.266 e. The van der Waals surface area contributed by atoms with Crippen LogP contribution in [-0.4, -0.2) is 36.7 Å². The molecule has 1 unspecified atom stereocenters. The van der Waals surface area contributed by atoms with Gasteiger partial charge in [-0.3, -0.25) is 9.69 Å². The fourth-order valence-electron chi connectivity index (χ4n) is 2.96. The molecule has 2 aromatic rings. The summed E-state index contributed by atoms with van der Waals surface area (Å²) in [7, 11) is 0. The molecule has 1 aromatic carbocycles. The number of benzene rings is 1. The summed E-state index contributed by atoms with van der Waals surface area (Å²) in [6.07, 6.45) is 2.47. The van der Waals surface area contributed by atoms with Gasteiger partial charge in [-0.15, -0.1) is 23.7 Å². The molecule has 24 heavy (non-hydrogen) atoms. The molecular formula is C17H22BrClN2O2S. The molecule has 0 bridgehead atoms. The Kier molecular flexibility index (Phi) is 6.92. The Labute approximate surface area is 161 Å². The predicted molar refractivity (Wildman–Crippen MR) is 106 cm³/mol. The Morgan fingerprint density at radius 3 is 2.79 bits per heavy atom. The molecule has 0 spiro atoms. The number of carbonyl (C=O) groups excluding carboxylic acids is 1. The van der Waals surface area contributed by atoms with Gasteiger partial charge in [0.1, 0.15) is 4.88 Å². The van der Waals surface area contributed by atoms with E-state index in [1.54, 1.807) is 0 Å². The number of hydrogen-bond donors (Lipinski definition) is 1. The van der Waals surface area contributed by atoms with Crippen molar-refractivity contribution in [3.05, 3.63) is 27.5 Å². The second-order valence-electron chi connectivity index (χ2n) is 5.73. The number of carbonyl (C=O) groups is 1. The topological polar surface area (TPSA) is 41.6 Å². The summed E-state index contributed by atoms with van der Waals surface area (Å²) in [6, 6.07) is 6.02. The van der Waals surface area contributed by atoms with Gasteiger partial charge in [-0.1, -0.05) is 15.9 Å². The van der Waals surface area contributed by atoms with E-state index in [-0.39, 0.29) is 24.5 Å². The summed E-state index contributed by atoms with van der Waals surface area (Å²) in [5.74, 6) is 0.644. The Morgan fingerprint density at radius 2 is 2.12 bits per heavy atom. The minimum Gasteiger partial charge on any atom is -0.491 e. The Morgan fingerprint density at radius 1 is 1.42 bits per heavy atom. The second-order valence-corrected chi connectivity index (χ2v) is 7.69. The second kappa shape index (κ2) is 8.52. The van der Waals surface area contributed by atoms with E-state index in [0.717, 1.165) is 27.6 Å². The van der Waals surface area contributed by atoms with E-state index in [2.05, 4.69) is 26.1 Å². The van der Waals surface area contributed by atoms with Crippen LogP contribution in [0.2, 0.25) is 0 Å². The molecule has 0 saturated carbocycles. The van der Waals surface area contributed by atoms with Crippen LogP contribution >= 0.6 is 39.7 Å². The zero-order valence-electron chi connectivity index (χ0n) is 13.8. The minimum atomic E-state index is -0.0508. The number of amides is 1. The molecule has 1 fully saturated rings. The highest BCUT2D eigenvalue weighted by molar-refractivity contribution is 9.10. The largest absolute Gasteiger partial charge is 0.491 e. The van der Waals surface area contributed by atoms with Crippen molar-refractivity contribution in [3.8, 4) is 5.75 Å². The Balaban J connectivity index is 0.00000208. The van der Waals surface area contributed by atoms with Crippen molar-refractivity contribution in [2.24, 2.45) is 0 Å². The fraction of sp³-hybridized carbons (Fsp3) is 0.471. The van der Waals surface area contributed by atoms with E-state index in [4.69, 9.17) is 4.74 Å². The molecule has 1 saturated heterocycles. The van der Waals surface area contributed by atoms with Crippen molar-refractivity contribution in [1.82, 2.24) is 10.2 Å². The first kappa shape index (κ1) is 19.5. The highest BCUT2D eigenvalue weighted by Gasteiger charge is 2.24. The maximum atomic E-state index is 12.7. The number of hydrogen-bond acceptors (Lipinski definition) is 4. The zero-order valence-corrected chi connectivity index (χ0v) is 17.0. The number of halogens is 2. The highest BCUT2D eigenvalue weighted by Crippen LogP contribution is 2.39. The van der Waals surface area contributed by atoms with E-state index in [1.165, 1.54) is 24.2 Å². The van der Waals surface area contributed by atoms with Crippen molar-refractivity contribution < 1.29 is 9.53 Å². The molecular weight excluding hydrogens is 412 g/mol. The number of thiophene rings is 1. The summed E-state index contributed by atoms with van der Waals surface area (Å²) < 4.78 is 7.84. The average Bonchev–Trinajstić information content (AvgIpc) is 3.16. The third-order valence-electron chi connectivity index (χ3n) is 4.13. The third kappa shape index (κ3) is 4.04. The Hall–Kier alpha value is -0.820. The van der Waals surface area contributed by atoms with Crippen LogP contribution in [-0.2, 0) is 0 Å². The predicted octanol–water partition coefficient (Wildman–Crippen LogP) is 4.66. The lowest BCUT2D eigenvalue weighted by Crippen LogP contribution is -2.44. The summed E-state index contributed by atoms with van der Waals surface area (Å²) >= 11 is 4.98. The van der Waals surface area contributed by atoms with Crippen molar-refractivity contribution in [3.63, 3.8) is 0 Å². The van der Waals surface area contributed by atoms with Crippen LogP contribution in [0, 0.1) is 0 Å². The molecule has 1 atom stereocenters. The smallest absolute Gasteiger partial charge is 0.266 e. The SMILES string of the molecule is CCOc1c(C(=O)NC(C)N2CCCC2)sc2ccc(Br)cc12.Cl. The van der Waals surface area contributed by atoms with Crippen molar-refractivity contribution in [2.75, 3.05) is 19.7 Å². The van der Waals surface area contributed by atoms with Gasteiger partial charge in [-0.25, -0.2) is 0 Å². The lowest BCUT2D eigenvalue weighted by molar-refractivity contribution is 0.0886. The van der Waals surface area contributed by atoms with Crippen molar-refractivity contribution in [1.29, 1.82) is 0 Å². The summed E-state index contributed by atoms with van der Waals surface area (Å²) in [6.45, 7) is 6.64. The van der Waals surface area contributed by atoms with Crippen LogP contribution in [0.4, 0.5) is 0 Å². The first-order chi connectivity index (χ1) is 11.1. The molecule has 1 N–H and O–H groups in total. The van der Waals surface area contributed by atoms with Crippen molar-refractivity contribution >= 4 is 55.7 Å². The maximum absolute atomic E-state index is 12.7. The minimum absolute atomic E-state index is 0. The van der Waals surface area contributed by atoms with Crippen molar-refractivity contribution in [2.45, 2.75) is 32.9 Å². The van der Waals surface area contributed by atoms with Crippen LogP contribution in [0.5, 0.6) is 5.75 Å². The summed E-state index contributed by atoms with van der Waals surface area (Å²) in [4.78, 5) is 15.7. The lowest BCUT2D eigenvalue weighted by atomic mass is 10.2. The number of ether oxygens (including phenoxy) is 1. The van der Waals surface area contributed by atoms with Crippen LogP contribution in [0.15, 0.2) is 22.7 Å². The van der Waals surface area contributed by atoms with Gasteiger partial charge < -0.3 is 10.1 Å².